The third-order valence-electron chi connectivity index (χ3n) is 13.6. The normalized spacial score (nSPS) is 21.5. The van der Waals surface area contributed by atoms with Gasteiger partial charge >= 0.3 is 6.09 Å². The molecule has 0 spiro atoms. The largest absolute Gasteiger partial charge is 0.445 e. The van der Waals surface area contributed by atoms with Crippen LogP contribution in [0.4, 0.5) is 16.3 Å². The van der Waals surface area contributed by atoms with E-state index in [1.165, 1.54) is 20.3 Å². The lowest BCUT2D eigenvalue weighted by Crippen LogP contribution is -2.64. The number of ether oxygens (including phenoxy) is 2. The zero-order valence-corrected chi connectivity index (χ0v) is 44.9. The first-order valence-electron chi connectivity index (χ1n) is 24.9. The molecule has 2 aliphatic heterocycles. The van der Waals surface area contributed by atoms with Crippen LogP contribution in [0, 0.1) is 11.8 Å². The van der Waals surface area contributed by atoms with Crippen LogP contribution in [-0.2, 0) is 44.8 Å². The zero-order chi connectivity index (χ0) is 53.0. The van der Waals surface area contributed by atoms with E-state index in [2.05, 4.69) is 78.0 Å². The molecule has 9 atom stereocenters. The van der Waals surface area contributed by atoms with Crippen LogP contribution in [0.25, 0.3) is 11.0 Å². The van der Waals surface area contributed by atoms with Gasteiger partial charge in [0.1, 0.15) is 55.2 Å². The molecule has 2 saturated heterocycles. The van der Waals surface area contributed by atoms with Crippen molar-refractivity contribution in [3.05, 3.63) is 47.9 Å². The Morgan fingerprint density at radius 3 is 2.32 bits per heavy atom. The number of nitrogens with one attached hydrogen (secondary N) is 6. The first-order chi connectivity index (χ1) is 34.1. The number of benzene rings is 1. The summed E-state index contributed by atoms with van der Waals surface area (Å²) >= 11 is 2.26. The lowest BCUT2D eigenvalue weighted by molar-refractivity contribution is -0.172. The maximum atomic E-state index is 13.3. The van der Waals surface area contributed by atoms with Crippen LogP contribution in [0.2, 0.25) is 0 Å². The number of amides is 7. The van der Waals surface area contributed by atoms with E-state index in [0.717, 1.165) is 54.0 Å². The highest BCUT2D eigenvalue weighted by molar-refractivity contribution is 14.1. The van der Waals surface area contributed by atoms with Crippen molar-refractivity contribution in [2.45, 2.75) is 165 Å². The van der Waals surface area contributed by atoms with Gasteiger partial charge in [-0.25, -0.2) is 14.8 Å². The molecule has 3 unspecified atom stereocenters. The molecule has 7 amide bonds. The van der Waals surface area contributed by atoms with Crippen LogP contribution >= 0.6 is 22.6 Å². The number of alkyl halides is 1. The number of halogens is 1. The summed E-state index contributed by atoms with van der Waals surface area (Å²) in [5, 5.41) is 36.7. The van der Waals surface area contributed by atoms with Gasteiger partial charge in [0.15, 0.2) is 6.23 Å². The Hall–Kier alpha value is -5.46. The average molecular weight is 1120 g/mol. The van der Waals surface area contributed by atoms with Gasteiger partial charge in [-0.15, -0.1) is 0 Å². The van der Waals surface area contributed by atoms with E-state index in [1.807, 2.05) is 19.9 Å². The molecule has 2 aromatic heterocycles. The lowest BCUT2D eigenvalue weighted by Gasteiger charge is -2.42. The zero-order valence-electron chi connectivity index (χ0n) is 42.8. The van der Waals surface area contributed by atoms with E-state index in [1.54, 1.807) is 45.0 Å². The third kappa shape index (κ3) is 14.6. The van der Waals surface area contributed by atoms with Gasteiger partial charge in [0, 0.05) is 41.2 Å². The summed E-state index contributed by atoms with van der Waals surface area (Å²) in [5.41, 5.74) is 2.61. The second-order valence-corrected chi connectivity index (χ2v) is 21.5. The number of rotatable bonds is 24. The molecule has 396 valence electrons. The number of imide groups is 1. The average Bonchev–Trinajstić information content (AvgIpc) is 3.92. The quantitative estimate of drug-likeness (QED) is 0.0263. The molecule has 0 aliphatic carbocycles. The minimum atomic E-state index is -1.46. The molecule has 0 bridgehead atoms. The number of carbonyl (C=O) groups excluding carboxylic acids is 7. The standard InChI is InChI=1S/C50H73IN10O11/c1-10-13-14-15-28(6)35-22-33-43(56-35)52-26-53-44(33)59-47-42(66)41(65)40(30(8)72-47)58-37(63)24-60(9)49(70)71-25-31-16-18-32(19-17-31)55-45(67)29(7)54-46(68)39(27(4)5)57-36(62)20-21-61-38(64)23-34(48(61)69)50(51,11-2)12-3/h16-19,22,26-30,34,39-42,47,65-66H,10-15,20-21,23-25H2,1-9H3,(H,54,68)(H,55,67)(H,57,62)(H,58,63)(H2,52,53,56,59)/t28?,29-,30-,34?,39?,40-,41+,42+,47-/m0/s1. The van der Waals surface area contributed by atoms with E-state index >= 15 is 0 Å². The predicted molar refractivity (Wildman–Crippen MR) is 277 cm³/mol. The molecule has 3 aromatic rings. The van der Waals surface area contributed by atoms with Crippen LogP contribution < -0.4 is 26.6 Å². The fourth-order valence-corrected chi connectivity index (χ4v) is 9.34. The number of hydrogen-bond donors (Lipinski definition) is 8. The number of carbonyl (C=O) groups is 7. The number of aliphatic hydroxyl groups excluding tert-OH is 2. The number of aromatic nitrogens is 3. The van der Waals surface area contributed by atoms with Gasteiger partial charge in [-0.05, 0) is 68.7 Å². The highest BCUT2D eigenvalue weighted by Crippen LogP contribution is 2.42. The smallest absolute Gasteiger partial charge is 0.410 e. The van der Waals surface area contributed by atoms with Crippen molar-refractivity contribution in [1.82, 2.24) is 40.7 Å². The second-order valence-electron chi connectivity index (χ2n) is 19.3. The van der Waals surface area contributed by atoms with Crippen LogP contribution in [0.1, 0.15) is 124 Å². The van der Waals surface area contributed by atoms with Crippen LogP contribution in [0.5, 0.6) is 0 Å². The number of aliphatic hydroxyl groups is 2. The van der Waals surface area contributed by atoms with Gasteiger partial charge in [-0.2, -0.15) is 0 Å². The summed E-state index contributed by atoms with van der Waals surface area (Å²) in [4.78, 5) is 105. The molecular formula is C50H73IN10O11. The maximum absolute atomic E-state index is 13.3. The fourth-order valence-electron chi connectivity index (χ4n) is 8.85. The first kappa shape index (κ1) is 57.4. The molecule has 2 aliphatic rings. The lowest BCUT2D eigenvalue weighted by atomic mass is 9.86. The monoisotopic (exact) mass is 1120 g/mol. The number of hydrogen-bond acceptors (Lipinski definition) is 14. The van der Waals surface area contributed by atoms with Gasteiger partial charge in [0.25, 0.3) is 0 Å². The number of anilines is 2. The van der Waals surface area contributed by atoms with Crippen LogP contribution in [0.3, 0.4) is 0 Å². The van der Waals surface area contributed by atoms with Crippen molar-refractivity contribution in [3.8, 4) is 0 Å². The Morgan fingerprint density at radius 1 is 0.972 bits per heavy atom. The van der Waals surface area contributed by atoms with Crippen molar-refractivity contribution in [3.63, 3.8) is 0 Å². The number of aromatic amines is 1. The third-order valence-corrected chi connectivity index (χ3v) is 15.9. The van der Waals surface area contributed by atoms with Crippen molar-refractivity contribution >= 4 is 86.7 Å². The van der Waals surface area contributed by atoms with Crippen molar-refractivity contribution in [1.29, 1.82) is 0 Å². The van der Waals surface area contributed by atoms with Gasteiger partial charge in [0.2, 0.25) is 35.4 Å². The Morgan fingerprint density at radius 2 is 1.67 bits per heavy atom. The van der Waals surface area contributed by atoms with Crippen LogP contribution in [0.15, 0.2) is 36.7 Å². The molecule has 21 nitrogen and oxygen atoms in total. The summed E-state index contributed by atoms with van der Waals surface area (Å²) in [7, 11) is 1.37. The molecule has 1 aromatic carbocycles. The topological polar surface area (TPSA) is 287 Å². The van der Waals surface area contributed by atoms with Crippen molar-refractivity contribution in [2.75, 3.05) is 30.8 Å². The van der Waals surface area contributed by atoms with Gasteiger partial charge in [-0.3, -0.25) is 33.7 Å². The molecular weight excluding hydrogens is 1040 g/mol. The minimum absolute atomic E-state index is 0.0938. The van der Waals surface area contributed by atoms with Gasteiger partial charge < -0.3 is 56.2 Å². The molecule has 5 rings (SSSR count). The summed E-state index contributed by atoms with van der Waals surface area (Å²) in [6, 6.07) is 5.39. The number of unbranched alkanes of at least 4 members (excludes halogenated alkanes) is 2. The highest BCUT2D eigenvalue weighted by atomic mass is 127. The molecule has 8 N–H and O–H groups in total. The maximum Gasteiger partial charge on any atom is 0.410 e. The number of nitrogens with zero attached hydrogens (tertiary/aromatic N) is 4. The van der Waals surface area contributed by atoms with Crippen molar-refractivity contribution < 1.29 is 53.2 Å². The van der Waals surface area contributed by atoms with E-state index < -0.39 is 84.8 Å². The number of H-pyrrole nitrogens is 1. The Kier molecular flexibility index (Phi) is 20.7. The van der Waals surface area contributed by atoms with E-state index in [9.17, 15) is 43.8 Å². The SMILES string of the molecule is CCCCCC(C)c1cc2c(N[C@H]3O[C@@H](C)[C@H](NC(=O)CN(C)C(=O)OCc4ccc(NC(=O)[C@H](C)NC(=O)C(NC(=O)CCN5C(=O)CC(C(I)(CC)CC)C5=O)C(C)C)cc4)[C@@H](O)[C@H]3O)ncnc2[nH]1. The number of fused-ring (bicyclic) bond motifs is 1. The van der Waals surface area contributed by atoms with Crippen molar-refractivity contribution in [2.24, 2.45) is 11.8 Å². The molecule has 0 radical (unpaired) electrons. The second kappa shape index (κ2) is 26.0. The molecule has 22 heteroatoms. The summed E-state index contributed by atoms with van der Waals surface area (Å²) < 4.78 is 11.1. The van der Waals surface area contributed by atoms with Gasteiger partial charge in [-0.1, -0.05) is 95.5 Å². The van der Waals surface area contributed by atoms with E-state index in [-0.39, 0.29) is 53.1 Å². The van der Waals surface area contributed by atoms with E-state index in [0.29, 0.717) is 28.1 Å². The Bertz CT molecular complexity index is 2380. The molecule has 72 heavy (non-hydrogen) atoms. The Labute approximate surface area is 434 Å². The van der Waals surface area contributed by atoms with E-state index in [4.69, 9.17) is 9.47 Å². The molecule has 2 fully saturated rings. The van der Waals surface area contributed by atoms with Crippen LogP contribution in [-0.4, -0.2) is 143 Å². The number of likely N-dealkylation sites (N-methyl/N-ethyl adjacent to an activating group) is 1. The highest BCUT2D eigenvalue weighted by Gasteiger charge is 2.48. The van der Waals surface area contributed by atoms with Gasteiger partial charge in [0.05, 0.1) is 23.4 Å². The molecule has 4 heterocycles. The summed E-state index contributed by atoms with van der Waals surface area (Å²) in [6.45, 7) is 14.2. The Balaban J connectivity index is 1.03. The summed E-state index contributed by atoms with van der Waals surface area (Å²) in [6.07, 6.45) is 1.67. The minimum Gasteiger partial charge on any atom is -0.445 e. The predicted octanol–water partition coefficient (Wildman–Crippen LogP) is 4.62. The first-order valence-corrected chi connectivity index (χ1v) is 26.0. The fraction of sp³-hybridized carbons (Fsp3) is 0.620. The summed E-state index contributed by atoms with van der Waals surface area (Å²) in [5.74, 6) is -2.96. The number of likely N-dealkylation sites (tertiary alicyclic amines) is 1. The molecule has 0 saturated carbocycles.